The normalized spacial score (nSPS) is 17.5. The number of carbonyl (C=O) groups excluding carboxylic acids is 1. The summed E-state index contributed by atoms with van der Waals surface area (Å²) < 4.78 is 5.11. The predicted octanol–water partition coefficient (Wildman–Crippen LogP) is 5.26. The molecule has 4 rings (SSSR count). The third-order valence-electron chi connectivity index (χ3n) is 4.72. The third kappa shape index (κ3) is 3.80. The van der Waals surface area contributed by atoms with Crippen molar-refractivity contribution in [2.24, 2.45) is 0 Å². The molecule has 0 amide bonds. The summed E-state index contributed by atoms with van der Waals surface area (Å²) in [6, 6.07) is 22.9. The Morgan fingerprint density at radius 2 is 1.70 bits per heavy atom. The van der Waals surface area contributed by atoms with Gasteiger partial charge in [-0.25, -0.2) is 4.79 Å². The molecule has 1 heterocycles. The van der Waals surface area contributed by atoms with Crippen LogP contribution in [0.3, 0.4) is 0 Å². The highest BCUT2D eigenvalue weighted by Gasteiger charge is 2.21. The molecule has 136 valence electrons. The third-order valence-corrected chi connectivity index (χ3v) is 4.72. The lowest BCUT2D eigenvalue weighted by Crippen LogP contribution is -2.11. The number of hydrogen-bond acceptors (Lipinski definition) is 4. The van der Waals surface area contributed by atoms with Gasteiger partial charge in [0.2, 0.25) is 0 Å². The zero-order valence-corrected chi connectivity index (χ0v) is 15.2. The Morgan fingerprint density at radius 1 is 1.04 bits per heavy atom. The zero-order chi connectivity index (χ0) is 18.6. The van der Waals surface area contributed by atoms with E-state index in [4.69, 9.17) is 4.74 Å². The van der Waals surface area contributed by atoms with Crippen LogP contribution < -0.4 is 10.6 Å². The smallest absolute Gasteiger partial charge is 0.332 e. The minimum Gasteiger partial charge on any atom is -0.463 e. The van der Waals surface area contributed by atoms with Gasteiger partial charge in [-0.05, 0) is 35.4 Å². The van der Waals surface area contributed by atoms with Crippen LogP contribution in [0.2, 0.25) is 0 Å². The van der Waals surface area contributed by atoms with Crippen molar-refractivity contribution in [2.75, 3.05) is 17.2 Å². The Hall–Kier alpha value is -3.27. The molecular formula is C23H22N2O2. The molecule has 0 saturated carbocycles. The highest BCUT2D eigenvalue weighted by molar-refractivity contribution is 5.93. The average molecular weight is 358 g/mol. The van der Waals surface area contributed by atoms with Crippen molar-refractivity contribution in [1.82, 2.24) is 0 Å². The number of esters is 1. The molecule has 4 heteroatoms. The van der Waals surface area contributed by atoms with Gasteiger partial charge in [-0.1, -0.05) is 54.6 Å². The summed E-state index contributed by atoms with van der Waals surface area (Å²) in [5.74, 6) is -0.323. The van der Waals surface area contributed by atoms with Crippen LogP contribution >= 0.6 is 0 Å². The molecule has 4 nitrogen and oxygen atoms in total. The Balaban J connectivity index is 1.78. The first kappa shape index (κ1) is 17.2. The summed E-state index contributed by atoms with van der Waals surface area (Å²) in [6.45, 7) is 2.18. The molecule has 0 aromatic heterocycles. The van der Waals surface area contributed by atoms with Crippen molar-refractivity contribution in [1.29, 1.82) is 0 Å². The van der Waals surface area contributed by atoms with E-state index in [0.29, 0.717) is 13.0 Å². The zero-order valence-electron chi connectivity index (χ0n) is 15.2. The summed E-state index contributed by atoms with van der Waals surface area (Å²) in [7, 11) is 0. The van der Waals surface area contributed by atoms with Gasteiger partial charge >= 0.3 is 5.97 Å². The summed E-state index contributed by atoms with van der Waals surface area (Å²) in [5, 5.41) is 9.41. The van der Waals surface area contributed by atoms with Crippen LogP contribution in [0.5, 0.6) is 0 Å². The molecule has 1 atom stereocenters. The lowest BCUT2D eigenvalue weighted by Gasteiger charge is -2.18. The fraction of sp³-hybridized carbons (Fsp3) is 0.174. The molecule has 0 spiro atoms. The van der Waals surface area contributed by atoms with Crippen molar-refractivity contribution in [2.45, 2.75) is 19.4 Å². The van der Waals surface area contributed by atoms with E-state index in [9.17, 15) is 4.79 Å². The maximum Gasteiger partial charge on any atom is 0.332 e. The van der Waals surface area contributed by atoms with Gasteiger partial charge in [0.25, 0.3) is 0 Å². The minimum absolute atomic E-state index is 0.0572. The fourth-order valence-electron chi connectivity index (χ4n) is 3.45. The maximum absolute atomic E-state index is 12.0. The Bertz CT molecular complexity index is 996. The molecule has 0 saturated heterocycles. The molecular weight excluding hydrogens is 336 g/mol. The van der Waals surface area contributed by atoms with Crippen molar-refractivity contribution in [3.63, 3.8) is 0 Å². The second kappa shape index (κ2) is 7.54. The first-order valence-electron chi connectivity index (χ1n) is 9.21. The fourth-order valence-corrected chi connectivity index (χ4v) is 3.45. The first-order chi connectivity index (χ1) is 13.2. The molecule has 1 aliphatic heterocycles. The van der Waals surface area contributed by atoms with Crippen LogP contribution in [0.4, 0.5) is 11.4 Å². The van der Waals surface area contributed by atoms with E-state index in [1.54, 1.807) is 6.08 Å². The molecule has 3 aromatic carbocycles. The van der Waals surface area contributed by atoms with Crippen LogP contribution in [0.1, 0.15) is 24.9 Å². The topological polar surface area (TPSA) is 50.4 Å². The Morgan fingerprint density at radius 3 is 2.41 bits per heavy atom. The Kier molecular flexibility index (Phi) is 4.79. The van der Waals surface area contributed by atoms with E-state index in [0.717, 1.165) is 22.5 Å². The average Bonchev–Trinajstić information content (AvgIpc) is 2.85. The molecule has 0 bridgehead atoms. The Labute approximate surface area is 158 Å². The number of carbonyl (C=O) groups is 1. The van der Waals surface area contributed by atoms with Gasteiger partial charge < -0.3 is 15.4 Å². The summed E-state index contributed by atoms with van der Waals surface area (Å²) in [5.41, 5.74) is 4.00. The van der Waals surface area contributed by atoms with Crippen LogP contribution in [0.15, 0.2) is 78.5 Å². The van der Waals surface area contributed by atoms with Gasteiger partial charge in [0.15, 0.2) is 0 Å². The van der Waals surface area contributed by atoms with Gasteiger partial charge in [-0.2, -0.15) is 0 Å². The SMILES string of the molecule is CCOC(=O)/C=C1/CC(c2ccccc2)Nc2cc3ccccc3cc2N1. The van der Waals surface area contributed by atoms with E-state index >= 15 is 0 Å². The number of nitrogens with one attached hydrogen (secondary N) is 2. The lowest BCUT2D eigenvalue weighted by atomic mass is 10.0. The highest BCUT2D eigenvalue weighted by atomic mass is 16.5. The van der Waals surface area contributed by atoms with Crippen molar-refractivity contribution >= 4 is 28.1 Å². The largest absolute Gasteiger partial charge is 0.463 e. The van der Waals surface area contributed by atoms with Crippen LogP contribution in [0.25, 0.3) is 10.8 Å². The molecule has 0 aliphatic carbocycles. The summed E-state index contributed by atoms with van der Waals surface area (Å²) in [6.07, 6.45) is 2.22. The number of rotatable bonds is 3. The maximum atomic E-state index is 12.0. The molecule has 2 N–H and O–H groups in total. The lowest BCUT2D eigenvalue weighted by molar-refractivity contribution is -0.137. The second-order valence-corrected chi connectivity index (χ2v) is 6.60. The van der Waals surface area contributed by atoms with Gasteiger partial charge in [0.1, 0.15) is 0 Å². The molecule has 3 aromatic rings. The molecule has 1 unspecified atom stereocenters. The minimum atomic E-state index is -0.323. The van der Waals surface area contributed by atoms with Crippen LogP contribution in [-0.4, -0.2) is 12.6 Å². The standard InChI is InChI=1S/C23H22N2O2/c1-2-27-23(26)15-19-14-20(16-8-4-3-5-9-16)25-22-13-18-11-7-6-10-17(18)12-21(22)24-19/h3-13,15,20,24-25H,2,14H2,1H3/b19-15-. The molecule has 27 heavy (non-hydrogen) atoms. The van der Waals surface area contributed by atoms with Crippen molar-refractivity contribution in [3.8, 4) is 0 Å². The van der Waals surface area contributed by atoms with Gasteiger partial charge in [0, 0.05) is 18.2 Å². The molecule has 0 fully saturated rings. The summed E-state index contributed by atoms with van der Waals surface area (Å²) >= 11 is 0. The second-order valence-electron chi connectivity index (χ2n) is 6.60. The molecule has 1 aliphatic rings. The van der Waals surface area contributed by atoms with Gasteiger partial charge in [-0.15, -0.1) is 0 Å². The number of benzene rings is 3. The van der Waals surface area contributed by atoms with Crippen LogP contribution in [-0.2, 0) is 9.53 Å². The predicted molar refractivity (Wildman–Crippen MR) is 110 cm³/mol. The first-order valence-corrected chi connectivity index (χ1v) is 9.21. The summed E-state index contributed by atoms with van der Waals surface area (Å²) in [4.78, 5) is 12.0. The number of fused-ring (bicyclic) bond motifs is 2. The number of hydrogen-bond donors (Lipinski definition) is 2. The van der Waals surface area contributed by atoms with Gasteiger partial charge in [-0.3, -0.25) is 0 Å². The number of anilines is 2. The monoisotopic (exact) mass is 358 g/mol. The van der Waals surface area contributed by atoms with Crippen molar-refractivity contribution in [3.05, 3.63) is 84.1 Å². The van der Waals surface area contributed by atoms with E-state index < -0.39 is 0 Å². The van der Waals surface area contributed by atoms with E-state index in [2.05, 4.69) is 47.0 Å². The molecule has 0 radical (unpaired) electrons. The van der Waals surface area contributed by atoms with Crippen LogP contribution in [0, 0.1) is 0 Å². The highest BCUT2D eigenvalue weighted by Crippen LogP contribution is 2.37. The van der Waals surface area contributed by atoms with Gasteiger partial charge in [0.05, 0.1) is 24.0 Å². The van der Waals surface area contributed by atoms with Crippen molar-refractivity contribution < 1.29 is 9.53 Å². The quantitative estimate of drug-likeness (QED) is 0.496. The number of ether oxygens (including phenoxy) is 1. The van der Waals surface area contributed by atoms with E-state index in [-0.39, 0.29) is 12.0 Å². The van der Waals surface area contributed by atoms with E-state index in [1.165, 1.54) is 10.9 Å². The van der Waals surface area contributed by atoms with E-state index in [1.807, 2.05) is 37.3 Å².